The summed E-state index contributed by atoms with van der Waals surface area (Å²) in [6.07, 6.45) is 2.71. The Kier molecular flexibility index (Phi) is 3.70. The molecule has 0 radical (unpaired) electrons. The molecule has 1 aliphatic rings. The van der Waals surface area contributed by atoms with Crippen molar-refractivity contribution in [1.82, 2.24) is 0 Å². The number of aliphatic carboxylic acids is 1. The van der Waals surface area contributed by atoms with Crippen molar-refractivity contribution in [3.63, 3.8) is 0 Å². The molecule has 1 saturated heterocycles. The molecular weight excluding hydrogens is 156 g/mol. The maximum Gasteiger partial charge on any atom is 0.335 e. The van der Waals surface area contributed by atoms with E-state index < -0.39 is 17.7 Å². The maximum atomic E-state index is 10.1. The molecule has 1 N–H and O–H groups in total. The highest BCUT2D eigenvalue weighted by atomic mass is 16.6. The van der Waals surface area contributed by atoms with E-state index >= 15 is 0 Å². The highest BCUT2D eigenvalue weighted by Crippen LogP contribution is 2.34. The fourth-order valence-corrected chi connectivity index (χ4v) is 0.617. The SMILES string of the molecule is C=CC=C.CC1(C)OC1C(=O)O. The van der Waals surface area contributed by atoms with Crippen LogP contribution in [0, 0.1) is 0 Å². The minimum atomic E-state index is -0.866. The zero-order valence-electron chi connectivity index (χ0n) is 7.41. The number of hydrogen-bond donors (Lipinski definition) is 1. The smallest absolute Gasteiger partial charge is 0.335 e. The van der Waals surface area contributed by atoms with Gasteiger partial charge < -0.3 is 9.84 Å². The minimum Gasteiger partial charge on any atom is -0.479 e. The molecule has 3 nitrogen and oxygen atoms in total. The van der Waals surface area contributed by atoms with Gasteiger partial charge in [0, 0.05) is 0 Å². The van der Waals surface area contributed by atoms with Crippen molar-refractivity contribution < 1.29 is 14.6 Å². The Labute approximate surface area is 72.3 Å². The molecule has 1 fully saturated rings. The van der Waals surface area contributed by atoms with E-state index in [-0.39, 0.29) is 0 Å². The Balaban J connectivity index is 0.000000261. The van der Waals surface area contributed by atoms with Gasteiger partial charge >= 0.3 is 5.97 Å². The lowest BCUT2D eigenvalue weighted by Crippen LogP contribution is -2.12. The number of carbonyl (C=O) groups is 1. The summed E-state index contributed by atoms with van der Waals surface area (Å²) in [6.45, 7) is 10.2. The number of carboxylic acids is 1. The summed E-state index contributed by atoms with van der Waals surface area (Å²) in [5.41, 5.74) is -0.411. The Bertz CT molecular complexity index is 188. The second-order valence-electron chi connectivity index (χ2n) is 2.91. The van der Waals surface area contributed by atoms with Crippen molar-refractivity contribution in [1.29, 1.82) is 0 Å². The molecule has 1 rings (SSSR count). The maximum absolute atomic E-state index is 10.1. The van der Waals surface area contributed by atoms with Crippen molar-refractivity contribution in [2.75, 3.05) is 0 Å². The first-order chi connectivity index (χ1) is 5.45. The van der Waals surface area contributed by atoms with Gasteiger partial charge in [-0.1, -0.05) is 25.3 Å². The third-order valence-electron chi connectivity index (χ3n) is 1.39. The molecule has 3 heteroatoms. The van der Waals surface area contributed by atoms with Gasteiger partial charge in [0.05, 0.1) is 0 Å². The number of ether oxygens (including phenoxy) is 1. The first kappa shape index (κ1) is 10.9. The van der Waals surface area contributed by atoms with E-state index in [1.54, 1.807) is 26.0 Å². The summed E-state index contributed by atoms with van der Waals surface area (Å²) in [6, 6.07) is 0. The molecule has 0 aromatic carbocycles. The Morgan fingerprint density at radius 2 is 1.83 bits per heavy atom. The third kappa shape index (κ3) is 3.34. The van der Waals surface area contributed by atoms with E-state index in [1.165, 1.54) is 0 Å². The monoisotopic (exact) mass is 170 g/mol. The largest absolute Gasteiger partial charge is 0.479 e. The van der Waals surface area contributed by atoms with Crippen molar-refractivity contribution in [2.45, 2.75) is 25.6 Å². The zero-order chi connectivity index (χ0) is 9.78. The topological polar surface area (TPSA) is 49.8 Å². The van der Waals surface area contributed by atoms with Crippen LogP contribution in [0.2, 0.25) is 0 Å². The average Bonchev–Trinajstić information content (AvgIpc) is 2.61. The van der Waals surface area contributed by atoms with Gasteiger partial charge in [0.15, 0.2) is 6.10 Å². The van der Waals surface area contributed by atoms with E-state index in [4.69, 9.17) is 9.84 Å². The van der Waals surface area contributed by atoms with Crippen LogP contribution in [0.3, 0.4) is 0 Å². The van der Waals surface area contributed by atoms with Crippen LogP contribution in [0.4, 0.5) is 0 Å². The lowest BCUT2D eigenvalue weighted by atomic mass is 10.1. The molecule has 1 heterocycles. The van der Waals surface area contributed by atoms with E-state index in [2.05, 4.69) is 13.2 Å². The summed E-state index contributed by atoms with van der Waals surface area (Å²) in [7, 11) is 0. The first-order valence-electron chi connectivity index (χ1n) is 3.59. The second-order valence-corrected chi connectivity index (χ2v) is 2.91. The van der Waals surface area contributed by atoms with E-state index in [0.717, 1.165) is 0 Å². The third-order valence-corrected chi connectivity index (χ3v) is 1.39. The lowest BCUT2D eigenvalue weighted by molar-refractivity contribution is -0.138. The predicted molar refractivity (Wildman–Crippen MR) is 47.0 cm³/mol. The molecule has 12 heavy (non-hydrogen) atoms. The Hall–Kier alpha value is -1.09. The summed E-state index contributed by atoms with van der Waals surface area (Å²) >= 11 is 0. The molecule has 0 bridgehead atoms. The fourth-order valence-electron chi connectivity index (χ4n) is 0.617. The number of epoxide rings is 1. The van der Waals surface area contributed by atoms with Gasteiger partial charge in [-0.2, -0.15) is 0 Å². The van der Waals surface area contributed by atoms with Crippen molar-refractivity contribution in [2.24, 2.45) is 0 Å². The Morgan fingerprint density at radius 3 is 1.83 bits per heavy atom. The standard InChI is InChI=1S/C5H8O3.C4H6/c1-5(2)3(8-5)4(6)7;1-3-4-2/h3H,1-2H3,(H,6,7);3-4H,1-2H2. The molecule has 0 aliphatic carbocycles. The first-order valence-corrected chi connectivity index (χ1v) is 3.59. The van der Waals surface area contributed by atoms with E-state index in [9.17, 15) is 4.79 Å². The lowest BCUT2D eigenvalue weighted by Gasteiger charge is -1.86. The van der Waals surface area contributed by atoms with Crippen LogP contribution in [0.1, 0.15) is 13.8 Å². The molecule has 1 atom stereocenters. The van der Waals surface area contributed by atoms with Crippen molar-refractivity contribution in [3.8, 4) is 0 Å². The van der Waals surface area contributed by atoms with Crippen LogP contribution in [0.5, 0.6) is 0 Å². The fraction of sp³-hybridized carbons (Fsp3) is 0.444. The quantitative estimate of drug-likeness (QED) is 0.506. The van der Waals surface area contributed by atoms with Gasteiger partial charge in [0.25, 0.3) is 0 Å². The summed E-state index contributed by atoms with van der Waals surface area (Å²) in [4.78, 5) is 10.1. The molecule has 0 saturated carbocycles. The van der Waals surface area contributed by atoms with Crippen molar-refractivity contribution >= 4 is 5.97 Å². The van der Waals surface area contributed by atoms with Gasteiger partial charge in [-0.3, -0.25) is 0 Å². The number of hydrogen-bond acceptors (Lipinski definition) is 2. The van der Waals surface area contributed by atoms with Gasteiger partial charge in [-0.05, 0) is 13.8 Å². The summed E-state index contributed by atoms with van der Waals surface area (Å²) in [5, 5.41) is 8.26. The zero-order valence-corrected chi connectivity index (χ0v) is 7.41. The number of rotatable bonds is 2. The molecule has 1 aliphatic heterocycles. The second kappa shape index (κ2) is 4.07. The van der Waals surface area contributed by atoms with E-state index in [1.807, 2.05) is 0 Å². The van der Waals surface area contributed by atoms with Crippen LogP contribution >= 0.6 is 0 Å². The highest BCUT2D eigenvalue weighted by Gasteiger charge is 2.53. The van der Waals surface area contributed by atoms with Crippen LogP contribution in [0.25, 0.3) is 0 Å². The number of allylic oxidation sites excluding steroid dienone is 2. The van der Waals surface area contributed by atoms with Crippen molar-refractivity contribution in [3.05, 3.63) is 25.3 Å². The van der Waals surface area contributed by atoms with Crippen LogP contribution in [-0.2, 0) is 9.53 Å². The summed E-state index contributed by atoms with van der Waals surface area (Å²) < 4.78 is 4.77. The van der Waals surface area contributed by atoms with Gasteiger partial charge in [0.1, 0.15) is 5.60 Å². The van der Waals surface area contributed by atoms with E-state index in [0.29, 0.717) is 0 Å². The van der Waals surface area contributed by atoms with Crippen LogP contribution in [0.15, 0.2) is 25.3 Å². The van der Waals surface area contributed by atoms with Crippen LogP contribution in [-0.4, -0.2) is 22.8 Å². The molecule has 68 valence electrons. The highest BCUT2D eigenvalue weighted by molar-refractivity contribution is 5.76. The average molecular weight is 170 g/mol. The normalized spacial score (nSPS) is 23.0. The molecular formula is C9H14O3. The van der Waals surface area contributed by atoms with Crippen LogP contribution < -0.4 is 0 Å². The molecule has 1 unspecified atom stereocenters. The molecule has 0 aromatic heterocycles. The molecule has 0 aromatic rings. The predicted octanol–water partition coefficient (Wildman–Crippen LogP) is 1.61. The number of carboxylic acid groups (broad SMARTS) is 1. The van der Waals surface area contributed by atoms with Gasteiger partial charge in [0.2, 0.25) is 0 Å². The van der Waals surface area contributed by atoms with Gasteiger partial charge in [-0.15, -0.1) is 0 Å². The molecule has 0 amide bonds. The Morgan fingerprint density at radius 1 is 1.50 bits per heavy atom. The summed E-state index contributed by atoms with van der Waals surface area (Å²) in [5.74, 6) is -0.866. The van der Waals surface area contributed by atoms with Gasteiger partial charge in [-0.25, -0.2) is 4.79 Å². The molecule has 0 spiro atoms. The minimum absolute atomic E-state index is 0.411.